The third-order valence-electron chi connectivity index (χ3n) is 6.12. The molecule has 0 unspecified atom stereocenters. The minimum absolute atomic E-state index is 0.00622. The number of nitrogens with one attached hydrogen (secondary N) is 2. The van der Waals surface area contributed by atoms with Crippen molar-refractivity contribution in [3.8, 4) is 22.9 Å². The molecular formula is C29H21N5O4. The van der Waals surface area contributed by atoms with Crippen molar-refractivity contribution in [1.29, 1.82) is 0 Å². The van der Waals surface area contributed by atoms with E-state index in [2.05, 4.69) is 20.3 Å². The summed E-state index contributed by atoms with van der Waals surface area (Å²) in [7, 11) is 1.59. The highest BCUT2D eigenvalue weighted by molar-refractivity contribution is 6.05. The van der Waals surface area contributed by atoms with Crippen molar-refractivity contribution >= 4 is 33.7 Å². The Morgan fingerprint density at radius 3 is 2.47 bits per heavy atom. The van der Waals surface area contributed by atoms with Crippen LogP contribution in [0.2, 0.25) is 0 Å². The quantitative estimate of drug-likeness (QED) is 0.318. The van der Waals surface area contributed by atoms with Gasteiger partial charge in [0.05, 0.1) is 17.9 Å². The van der Waals surface area contributed by atoms with Crippen molar-refractivity contribution in [3.05, 3.63) is 113 Å². The van der Waals surface area contributed by atoms with E-state index in [-0.39, 0.29) is 5.56 Å². The maximum atomic E-state index is 13.2. The van der Waals surface area contributed by atoms with Crippen molar-refractivity contribution in [2.45, 2.75) is 0 Å². The maximum absolute atomic E-state index is 13.2. The summed E-state index contributed by atoms with van der Waals surface area (Å²) in [6, 6.07) is 21.2. The first-order valence-electron chi connectivity index (χ1n) is 11.8. The molecule has 1 amide bonds. The van der Waals surface area contributed by atoms with E-state index < -0.39 is 11.3 Å². The van der Waals surface area contributed by atoms with Crippen molar-refractivity contribution in [2.24, 2.45) is 0 Å². The minimum atomic E-state index is -0.528. The molecule has 0 aliphatic heterocycles. The zero-order chi connectivity index (χ0) is 26.1. The number of aromatic amines is 1. The molecule has 0 bridgehead atoms. The average Bonchev–Trinajstić information content (AvgIpc) is 3.45. The monoisotopic (exact) mass is 503 g/mol. The van der Waals surface area contributed by atoms with E-state index in [0.717, 1.165) is 16.7 Å². The van der Waals surface area contributed by atoms with Crippen LogP contribution in [0.4, 0.5) is 5.69 Å². The second-order valence-electron chi connectivity index (χ2n) is 8.44. The standard InChI is InChI=1S/C29H21N5O4/c1-37-20-10-6-19(7-11-20)34-17-24(26(35)23-3-2-14-32-28(23)34)29(36)33-18-4-8-21(9-5-18)38-25-13-16-31-27-22(25)12-15-30-27/h2-17H,1H3,(H,30,31)(H,33,36). The first-order chi connectivity index (χ1) is 18.6. The lowest BCUT2D eigenvalue weighted by atomic mass is 10.1. The van der Waals surface area contributed by atoms with Crippen LogP contribution in [0, 0.1) is 0 Å². The number of aromatic nitrogens is 4. The van der Waals surface area contributed by atoms with Gasteiger partial charge >= 0.3 is 0 Å². The molecule has 0 radical (unpaired) electrons. The number of fused-ring (bicyclic) bond motifs is 2. The zero-order valence-corrected chi connectivity index (χ0v) is 20.2. The second kappa shape index (κ2) is 9.55. The van der Waals surface area contributed by atoms with E-state index >= 15 is 0 Å². The summed E-state index contributed by atoms with van der Waals surface area (Å²) in [6.07, 6.45) is 6.59. The van der Waals surface area contributed by atoms with Crippen molar-refractivity contribution in [3.63, 3.8) is 0 Å². The SMILES string of the molecule is COc1ccc(-n2cc(C(=O)Nc3ccc(Oc4ccnc5[nH]ccc45)cc3)c(=O)c3cccnc32)cc1. The van der Waals surface area contributed by atoms with Crippen LogP contribution in [0.25, 0.3) is 27.8 Å². The number of nitrogens with zero attached hydrogens (tertiary/aromatic N) is 3. The number of hydrogen-bond acceptors (Lipinski definition) is 6. The summed E-state index contributed by atoms with van der Waals surface area (Å²) in [5, 5.41) is 4.02. The van der Waals surface area contributed by atoms with Gasteiger partial charge in [0, 0.05) is 36.2 Å². The lowest BCUT2D eigenvalue weighted by Crippen LogP contribution is -2.24. The Balaban J connectivity index is 1.29. The smallest absolute Gasteiger partial charge is 0.261 e. The van der Waals surface area contributed by atoms with E-state index in [0.29, 0.717) is 34.0 Å². The van der Waals surface area contributed by atoms with Gasteiger partial charge in [0.1, 0.15) is 34.1 Å². The molecule has 0 aliphatic carbocycles. The lowest BCUT2D eigenvalue weighted by molar-refractivity contribution is 0.102. The number of rotatable bonds is 6. The number of methoxy groups -OCH3 is 1. The van der Waals surface area contributed by atoms with Crippen LogP contribution in [0.5, 0.6) is 17.2 Å². The van der Waals surface area contributed by atoms with E-state index in [4.69, 9.17) is 9.47 Å². The third kappa shape index (κ3) is 4.22. The Morgan fingerprint density at radius 1 is 0.895 bits per heavy atom. The Kier molecular flexibility index (Phi) is 5.78. The van der Waals surface area contributed by atoms with Crippen LogP contribution < -0.4 is 20.2 Å². The maximum Gasteiger partial charge on any atom is 0.261 e. The van der Waals surface area contributed by atoms with Crippen molar-refractivity contribution < 1.29 is 14.3 Å². The van der Waals surface area contributed by atoms with Gasteiger partial charge in [-0.1, -0.05) is 0 Å². The molecule has 38 heavy (non-hydrogen) atoms. The van der Waals surface area contributed by atoms with Crippen LogP contribution >= 0.6 is 0 Å². The molecular weight excluding hydrogens is 482 g/mol. The summed E-state index contributed by atoms with van der Waals surface area (Å²) < 4.78 is 13.0. The molecule has 2 aromatic carbocycles. The van der Waals surface area contributed by atoms with E-state index in [1.165, 1.54) is 6.20 Å². The van der Waals surface area contributed by atoms with E-state index in [1.807, 2.05) is 18.2 Å². The number of H-pyrrole nitrogens is 1. The van der Waals surface area contributed by atoms with Crippen molar-refractivity contribution in [1.82, 2.24) is 19.5 Å². The first kappa shape index (κ1) is 23.0. The number of hydrogen-bond donors (Lipinski definition) is 2. The fraction of sp³-hybridized carbons (Fsp3) is 0.0345. The largest absolute Gasteiger partial charge is 0.497 e. The van der Waals surface area contributed by atoms with Crippen LogP contribution in [-0.2, 0) is 0 Å². The Hall–Kier alpha value is -5.44. The van der Waals surface area contributed by atoms with Gasteiger partial charge < -0.3 is 24.3 Å². The topological polar surface area (TPSA) is 111 Å². The van der Waals surface area contributed by atoms with E-state index in [1.54, 1.807) is 84.9 Å². The molecule has 9 nitrogen and oxygen atoms in total. The van der Waals surface area contributed by atoms with Gasteiger partial charge in [-0.15, -0.1) is 0 Å². The summed E-state index contributed by atoms with van der Waals surface area (Å²) in [5.74, 6) is 1.42. The molecule has 0 atom stereocenters. The molecule has 9 heteroatoms. The Bertz CT molecular complexity index is 1840. The van der Waals surface area contributed by atoms with Gasteiger partial charge in [0.15, 0.2) is 0 Å². The molecule has 0 spiro atoms. The Morgan fingerprint density at radius 2 is 1.68 bits per heavy atom. The number of anilines is 1. The summed E-state index contributed by atoms with van der Waals surface area (Å²) in [6.45, 7) is 0. The van der Waals surface area contributed by atoms with Gasteiger partial charge in [-0.3, -0.25) is 9.59 Å². The molecule has 0 fully saturated rings. The second-order valence-corrected chi connectivity index (χ2v) is 8.44. The highest BCUT2D eigenvalue weighted by atomic mass is 16.5. The predicted octanol–water partition coefficient (Wildman–Crippen LogP) is 5.32. The fourth-order valence-electron chi connectivity index (χ4n) is 4.22. The number of ether oxygens (including phenoxy) is 2. The number of amides is 1. The molecule has 6 rings (SSSR count). The molecule has 4 aromatic heterocycles. The molecule has 0 aliphatic rings. The van der Waals surface area contributed by atoms with Crippen LogP contribution in [0.1, 0.15) is 10.4 Å². The Labute approximate surface area is 216 Å². The molecule has 4 heterocycles. The molecule has 6 aromatic rings. The first-order valence-corrected chi connectivity index (χ1v) is 11.8. The molecule has 186 valence electrons. The minimum Gasteiger partial charge on any atom is -0.497 e. The normalized spacial score (nSPS) is 11.0. The van der Waals surface area contributed by atoms with Crippen LogP contribution in [0.3, 0.4) is 0 Å². The number of benzene rings is 2. The molecule has 0 saturated carbocycles. The van der Waals surface area contributed by atoms with Gasteiger partial charge in [0.2, 0.25) is 5.43 Å². The summed E-state index contributed by atoms with van der Waals surface area (Å²) in [5.41, 5.74) is 2.03. The van der Waals surface area contributed by atoms with Gasteiger partial charge in [-0.25, -0.2) is 9.97 Å². The number of pyridine rings is 3. The summed E-state index contributed by atoms with van der Waals surface area (Å²) >= 11 is 0. The number of carbonyl (C=O) groups excluding carboxylic acids is 1. The zero-order valence-electron chi connectivity index (χ0n) is 20.2. The fourth-order valence-corrected chi connectivity index (χ4v) is 4.22. The van der Waals surface area contributed by atoms with Gasteiger partial charge in [0.25, 0.3) is 5.91 Å². The van der Waals surface area contributed by atoms with Gasteiger partial charge in [-0.2, -0.15) is 0 Å². The summed E-state index contributed by atoms with van der Waals surface area (Å²) in [4.78, 5) is 38.2. The highest BCUT2D eigenvalue weighted by Gasteiger charge is 2.17. The van der Waals surface area contributed by atoms with E-state index in [9.17, 15) is 9.59 Å². The average molecular weight is 504 g/mol. The third-order valence-corrected chi connectivity index (χ3v) is 6.12. The van der Waals surface area contributed by atoms with Crippen LogP contribution in [0.15, 0.2) is 102 Å². The van der Waals surface area contributed by atoms with Crippen LogP contribution in [-0.4, -0.2) is 32.5 Å². The predicted molar refractivity (Wildman–Crippen MR) is 144 cm³/mol. The molecule has 2 N–H and O–H groups in total. The van der Waals surface area contributed by atoms with Gasteiger partial charge in [-0.05, 0) is 72.8 Å². The van der Waals surface area contributed by atoms with Crippen molar-refractivity contribution in [2.75, 3.05) is 12.4 Å². The lowest BCUT2D eigenvalue weighted by Gasteiger charge is -2.13. The molecule has 0 saturated heterocycles. The number of carbonyl (C=O) groups is 1. The highest BCUT2D eigenvalue weighted by Crippen LogP contribution is 2.29.